The van der Waals surface area contributed by atoms with Crippen LogP contribution in [0.4, 0.5) is 14.9 Å². The number of carbonyl (C=O) groups is 4. The number of carbonyl (C=O) groups excluding carboxylic acids is 4. The van der Waals surface area contributed by atoms with Crippen molar-refractivity contribution in [2.24, 2.45) is 17.6 Å². The topological polar surface area (TPSA) is 203 Å². The summed E-state index contributed by atoms with van der Waals surface area (Å²) >= 11 is 0. The molecule has 5 rings (SSSR count). The highest BCUT2D eigenvalue weighted by molar-refractivity contribution is 6.25. The minimum atomic E-state index is -2.76. The molecule has 0 spiro atoms. The van der Waals surface area contributed by atoms with Gasteiger partial charge < -0.3 is 41.1 Å². The molecule has 0 fully saturated rings. The molecule has 0 saturated carbocycles. The lowest BCUT2D eigenvalue weighted by molar-refractivity contribution is -0.148. The van der Waals surface area contributed by atoms with Crippen molar-refractivity contribution in [1.29, 1.82) is 0 Å². The zero-order valence-electron chi connectivity index (χ0n) is 24.9. The Bertz CT molecular complexity index is 1700. The van der Waals surface area contributed by atoms with Crippen LogP contribution < -0.4 is 20.7 Å². The maximum atomic E-state index is 14.1. The second kappa shape index (κ2) is 11.2. The lowest BCUT2D eigenvalue weighted by atomic mass is 9.58. The number of Topliss-reactive ketones (excluding diaryl/α,β-unsaturated/α-hetero) is 2. The number of aliphatic hydroxyl groups is 3. The summed E-state index contributed by atoms with van der Waals surface area (Å²) < 4.78 is 18.3. The number of hydrogen-bond acceptors (Lipinski definition) is 11. The van der Waals surface area contributed by atoms with E-state index in [1.165, 1.54) is 17.0 Å². The van der Waals surface area contributed by atoms with Gasteiger partial charge in [-0.15, -0.1) is 0 Å². The zero-order valence-corrected chi connectivity index (χ0v) is 24.9. The molecule has 2 aromatic rings. The summed E-state index contributed by atoms with van der Waals surface area (Å²) in [6, 6.07) is 5.24. The van der Waals surface area contributed by atoms with Crippen molar-refractivity contribution < 1.29 is 48.7 Å². The second-order valence-corrected chi connectivity index (χ2v) is 11.8. The highest BCUT2D eigenvalue weighted by Gasteiger charge is 2.63. The third-order valence-corrected chi connectivity index (χ3v) is 8.71. The van der Waals surface area contributed by atoms with Gasteiger partial charge in [0, 0.05) is 43.4 Å². The minimum Gasteiger partial charge on any atom is -0.510 e. The number of benzene rings is 2. The number of allylic oxidation sites excluding steroid dienone is 1. The highest BCUT2D eigenvalue weighted by Crippen LogP contribution is 2.53. The van der Waals surface area contributed by atoms with E-state index < -0.39 is 75.7 Å². The number of primary amides is 1. The first-order valence-electron chi connectivity index (χ1n) is 14.0. The summed E-state index contributed by atoms with van der Waals surface area (Å²) in [5, 5.41) is 48.0. The molecule has 0 aromatic heterocycles. The van der Waals surface area contributed by atoms with E-state index in [2.05, 4.69) is 5.32 Å². The number of amides is 2. The normalized spacial score (nSPS) is 24.2. The number of fused-ring (bicyclic) bond motifs is 3. The Kier molecular flexibility index (Phi) is 7.83. The Morgan fingerprint density at radius 3 is 2.33 bits per heavy atom. The Morgan fingerprint density at radius 1 is 1.11 bits per heavy atom. The van der Waals surface area contributed by atoms with Gasteiger partial charge in [0.05, 0.1) is 11.6 Å². The smallest absolute Gasteiger partial charge is 0.412 e. The van der Waals surface area contributed by atoms with Gasteiger partial charge in [-0.2, -0.15) is 0 Å². The van der Waals surface area contributed by atoms with Gasteiger partial charge in [-0.3, -0.25) is 19.3 Å². The molecule has 3 aliphatic carbocycles. The first kappa shape index (κ1) is 31.5. The fourth-order valence-corrected chi connectivity index (χ4v) is 6.70. The number of aromatic hydroxyl groups is 1. The standard InChI is InChI=1S/C31H33FN4O9/c1-35(2)19-11-14(12-34-30(43)45-16-7-5-15(32)6-8-16)24(37)21-17(19)9-13-10-18-23(36(3)4)26(39)22(29(33)42)28(41)31(18,44)27(40)20(13)25(21)38/h5-8,11,13,18,23,37,39-40,44H,9-10,12H2,1-4H3,(H2,33,42)(H,34,43)/t13-,18-,23-,31-/m0/s1. The van der Waals surface area contributed by atoms with Crippen molar-refractivity contribution in [2.75, 3.05) is 33.1 Å². The number of ketones is 2. The third kappa shape index (κ3) is 4.95. The third-order valence-electron chi connectivity index (χ3n) is 8.71. The first-order valence-corrected chi connectivity index (χ1v) is 14.0. The molecular weight excluding hydrogens is 591 g/mol. The van der Waals surface area contributed by atoms with Gasteiger partial charge in [-0.05, 0) is 68.8 Å². The molecule has 2 amide bonds. The Hall–Kier alpha value is -4.95. The predicted octanol–water partition coefficient (Wildman–Crippen LogP) is 1.61. The largest absolute Gasteiger partial charge is 0.510 e. The van der Waals surface area contributed by atoms with Crippen LogP contribution in [-0.2, 0) is 22.6 Å². The van der Waals surface area contributed by atoms with Gasteiger partial charge >= 0.3 is 6.09 Å². The molecule has 45 heavy (non-hydrogen) atoms. The van der Waals surface area contributed by atoms with Crippen molar-refractivity contribution in [3.8, 4) is 11.5 Å². The number of hydrogen-bond donors (Lipinski definition) is 6. The molecule has 14 heteroatoms. The zero-order chi connectivity index (χ0) is 33.1. The van der Waals surface area contributed by atoms with E-state index in [1.54, 1.807) is 39.2 Å². The minimum absolute atomic E-state index is 0.0437. The van der Waals surface area contributed by atoms with Crippen LogP contribution in [0.25, 0.3) is 0 Å². The van der Waals surface area contributed by atoms with Gasteiger partial charge in [0.25, 0.3) is 5.91 Å². The van der Waals surface area contributed by atoms with E-state index in [0.717, 1.165) is 12.1 Å². The van der Waals surface area contributed by atoms with Gasteiger partial charge in [0.1, 0.15) is 34.4 Å². The SMILES string of the molecule is CN(C)c1cc(CNC(=O)Oc2ccc(F)cc2)c(O)c2c1C[C@H]1C[C@H]3[C@H](N(C)C)C(O)=C(C(N)=O)C(=O)[C@@]3(O)C(O)=C1C2=O. The molecule has 0 bridgehead atoms. The van der Waals surface area contributed by atoms with E-state index in [0.29, 0.717) is 11.3 Å². The molecule has 0 saturated heterocycles. The Morgan fingerprint density at radius 2 is 1.76 bits per heavy atom. The van der Waals surface area contributed by atoms with Crippen molar-refractivity contribution in [3.63, 3.8) is 0 Å². The van der Waals surface area contributed by atoms with Crippen molar-refractivity contribution in [3.05, 3.63) is 75.5 Å². The number of phenolic OH excluding ortho intramolecular Hbond substituents is 1. The highest BCUT2D eigenvalue weighted by atomic mass is 19.1. The molecule has 0 aliphatic heterocycles. The molecular formula is C31H33FN4O9. The van der Waals surface area contributed by atoms with E-state index in [4.69, 9.17) is 10.5 Å². The summed E-state index contributed by atoms with van der Waals surface area (Å²) in [5.74, 6) is -7.91. The summed E-state index contributed by atoms with van der Waals surface area (Å²) in [6.45, 7) is -0.289. The number of nitrogens with two attached hydrogens (primary N) is 1. The Balaban J connectivity index is 1.56. The molecule has 238 valence electrons. The Labute approximate surface area is 257 Å². The monoisotopic (exact) mass is 624 g/mol. The van der Waals surface area contributed by atoms with Crippen LogP contribution in [0.2, 0.25) is 0 Å². The summed E-state index contributed by atoms with van der Waals surface area (Å²) in [7, 11) is 6.55. The lowest BCUT2D eigenvalue weighted by Crippen LogP contribution is -2.63. The molecule has 0 radical (unpaired) electrons. The average molecular weight is 625 g/mol. The van der Waals surface area contributed by atoms with Gasteiger partial charge in [0.15, 0.2) is 11.4 Å². The van der Waals surface area contributed by atoms with Gasteiger partial charge in [-0.25, -0.2) is 9.18 Å². The van der Waals surface area contributed by atoms with Gasteiger partial charge in [-0.1, -0.05) is 0 Å². The van der Waals surface area contributed by atoms with E-state index in [1.807, 2.05) is 0 Å². The van der Waals surface area contributed by atoms with Crippen LogP contribution in [0.3, 0.4) is 0 Å². The number of rotatable bonds is 6. The van der Waals surface area contributed by atoms with E-state index in [9.17, 15) is 44.0 Å². The van der Waals surface area contributed by atoms with Crippen molar-refractivity contribution in [1.82, 2.24) is 10.2 Å². The summed E-state index contributed by atoms with van der Waals surface area (Å²) in [5.41, 5.74) is 2.34. The average Bonchev–Trinajstić information content (AvgIpc) is 2.95. The number of nitrogens with one attached hydrogen (secondary N) is 1. The quantitative estimate of drug-likeness (QED) is 0.255. The molecule has 3 aliphatic rings. The summed E-state index contributed by atoms with van der Waals surface area (Å²) in [6.07, 6.45) is -0.848. The number of ether oxygens (including phenoxy) is 1. The number of anilines is 1. The van der Waals surface area contributed by atoms with E-state index in [-0.39, 0.29) is 41.8 Å². The molecule has 7 N–H and O–H groups in total. The molecule has 2 aromatic carbocycles. The molecule has 0 heterocycles. The maximum Gasteiger partial charge on any atom is 0.412 e. The number of phenols is 1. The lowest BCUT2D eigenvalue weighted by Gasteiger charge is -2.50. The number of likely N-dealkylation sites (N-methyl/N-ethyl adjacent to an activating group) is 1. The molecule has 13 nitrogen and oxygen atoms in total. The molecule has 4 atom stereocenters. The predicted molar refractivity (Wildman–Crippen MR) is 157 cm³/mol. The summed E-state index contributed by atoms with van der Waals surface area (Å²) in [4.78, 5) is 55.4. The van der Waals surface area contributed by atoms with Crippen LogP contribution in [0.5, 0.6) is 11.5 Å². The van der Waals surface area contributed by atoms with Crippen LogP contribution in [-0.4, -0.2) is 88.7 Å². The van der Waals surface area contributed by atoms with Gasteiger partial charge in [0.2, 0.25) is 5.78 Å². The van der Waals surface area contributed by atoms with Crippen LogP contribution in [0, 0.1) is 17.7 Å². The second-order valence-electron chi connectivity index (χ2n) is 11.8. The van der Waals surface area contributed by atoms with Crippen molar-refractivity contribution >= 4 is 29.3 Å². The van der Waals surface area contributed by atoms with E-state index >= 15 is 0 Å². The number of halogens is 1. The fourth-order valence-electron chi connectivity index (χ4n) is 6.70. The maximum absolute atomic E-state index is 14.1. The molecule has 0 unspecified atom stereocenters. The van der Waals surface area contributed by atoms with Crippen LogP contribution in [0.15, 0.2) is 53.0 Å². The number of aliphatic hydroxyl groups excluding tert-OH is 2. The fraction of sp³-hybridized carbons (Fsp3) is 0.355. The first-order chi connectivity index (χ1) is 21.1. The van der Waals surface area contributed by atoms with Crippen molar-refractivity contribution in [2.45, 2.75) is 31.0 Å². The van der Waals surface area contributed by atoms with Crippen LogP contribution >= 0.6 is 0 Å². The number of nitrogens with zero attached hydrogens (tertiary/aromatic N) is 2. The van der Waals surface area contributed by atoms with Crippen LogP contribution in [0.1, 0.15) is 27.9 Å².